The first-order valence-corrected chi connectivity index (χ1v) is 7.98. The van der Waals surface area contributed by atoms with Crippen LogP contribution >= 0.6 is 0 Å². The van der Waals surface area contributed by atoms with E-state index < -0.39 is 38.5 Å². The summed E-state index contributed by atoms with van der Waals surface area (Å²) >= 11 is 0. The average molecular weight is 352 g/mol. The molecule has 1 aromatic carbocycles. The van der Waals surface area contributed by atoms with Crippen molar-refractivity contribution < 1.29 is 31.6 Å². The second-order valence-electron chi connectivity index (χ2n) is 4.96. The number of nitro groups is 1. The third kappa shape index (κ3) is 3.01. The van der Waals surface area contributed by atoms with Gasteiger partial charge in [-0.2, -0.15) is 13.2 Å². The maximum absolute atomic E-state index is 13.0. The number of hydrogen-bond acceptors (Lipinski definition) is 5. The van der Waals surface area contributed by atoms with Crippen molar-refractivity contribution in [3.05, 3.63) is 39.6 Å². The van der Waals surface area contributed by atoms with Gasteiger partial charge >= 0.3 is 6.18 Å². The number of rotatable bonds is 3. The highest BCUT2D eigenvalue weighted by molar-refractivity contribution is 7.89. The van der Waals surface area contributed by atoms with Crippen molar-refractivity contribution in [2.45, 2.75) is 19.2 Å². The molecule has 23 heavy (non-hydrogen) atoms. The Kier molecular flexibility index (Phi) is 3.89. The van der Waals surface area contributed by atoms with Crippen molar-refractivity contribution in [2.24, 2.45) is 0 Å². The van der Waals surface area contributed by atoms with Gasteiger partial charge < -0.3 is 5.11 Å². The van der Waals surface area contributed by atoms with Crippen LogP contribution in [0.4, 0.5) is 18.9 Å². The fraction of sp³-hybridized carbons (Fsp3) is 0.333. The largest absolute Gasteiger partial charge is 0.423 e. The number of benzene rings is 1. The first-order valence-electron chi connectivity index (χ1n) is 6.13. The molecule has 1 atom stereocenters. The normalized spacial score (nSPS) is 14.2. The molecule has 0 saturated heterocycles. The Morgan fingerprint density at radius 2 is 1.87 bits per heavy atom. The summed E-state index contributed by atoms with van der Waals surface area (Å²) in [4.78, 5) is 9.67. The molecule has 7 nitrogen and oxygen atoms in total. The quantitative estimate of drug-likeness (QED) is 0.675. The molecule has 0 saturated carbocycles. The number of aliphatic hydroxyl groups excluding tert-OH is 1. The van der Waals surface area contributed by atoms with Gasteiger partial charge in [-0.05, 0) is 19.1 Å². The SMILES string of the molecule is CC(O)c1cc2cc([N+](=O)[O-])c(C(F)(F)F)cc2n1S(C)(=O)=O. The second kappa shape index (κ2) is 5.20. The molecule has 0 amide bonds. The van der Waals surface area contributed by atoms with Crippen LogP contribution in [0, 0.1) is 10.1 Å². The van der Waals surface area contributed by atoms with Gasteiger partial charge in [0.1, 0.15) is 5.56 Å². The van der Waals surface area contributed by atoms with E-state index in [9.17, 15) is 36.8 Å². The summed E-state index contributed by atoms with van der Waals surface area (Å²) in [5, 5.41) is 20.4. The summed E-state index contributed by atoms with van der Waals surface area (Å²) in [6, 6.07) is 2.15. The second-order valence-corrected chi connectivity index (χ2v) is 6.79. The van der Waals surface area contributed by atoms with Gasteiger partial charge in [0.2, 0.25) is 10.0 Å². The fourth-order valence-electron chi connectivity index (χ4n) is 2.28. The highest BCUT2D eigenvalue weighted by Gasteiger charge is 2.39. The van der Waals surface area contributed by atoms with Gasteiger partial charge in [-0.1, -0.05) is 0 Å². The first kappa shape index (κ1) is 17.2. The number of nitrogens with zero attached hydrogens (tertiary/aromatic N) is 2. The maximum atomic E-state index is 13.0. The summed E-state index contributed by atoms with van der Waals surface area (Å²) in [6.45, 7) is 1.23. The Morgan fingerprint density at radius 3 is 2.26 bits per heavy atom. The molecule has 0 aliphatic heterocycles. The van der Waals surface area contributed by atoms with Gasteiger partial charge in [-0.3, -0.25) is 10.1 Å². The Balaban J connectivity index is 3.01. The zero-order valence-corrected chi connectivity index (χ0v) is 12.6. The van der Waals surface area contributed by atoms with Gasteiger partial charge in [0, 0.05) is 11.5 Å². The molecule has 1 unspecified atom stereocenters. The van der Waals surface area contributed by atoms with Crippen molar-refractivity contribution in [3.8, 4) is 0 Å². The zero-order valence-electron chi connectivity index (χ0n) is 11.8. The molecule has 0 radical (unpaired) electrons. The summed E-state index contributed by atoms with van der Waals surface area (Å²) < 4.78 is 63.3. The Hall–Kier alpha value is -2.14. The molecule has 0 aliphatic rings. The van der Waals surface area contributed by atoms with Crippen LogP contribution in [0.15, 0.2) is 18.2 Å². The van der Waals surface area contributed by atoms with E-state index in [1.807, 2.05) is 0 Å². The third-order valence-electron chi connectivity index (χ3n) is 3.16. The van der Waals surface area contributed by atoms with Crippen molar-refractivity contribution in [2.75, 3.05) is 6.26 Å². The van der Waals surface area contributed by atoms with Crippen molar-refractivity contribution in [1.82, 2.24) is 3.97 Å². The van der Waals surface area contributed by atoms with Crippen LogP contribution < -0.4 is 0 Å². The standard InChI is InChI=1S/C12H11F3N2O5S/c1-6(18)9-3-7-4-11(17(19)20)8(12(13,14)15)5-10(7)16(9)23(2,21)22/h3-6,18H,1-2H3. The van der Waals surface area contributed by atoms with E-state index in [1.54, 1.807) is 0 Å². The van der Waals surface area contributed by atoms with Gasteiger partial charge in [0.05, 0.1) is 28.5 Å². The van der Waals surface area contributed by atoms with Crippen molar-refractivity contribution in [1.29, 1.82) is 0 Å². The smallest absolute Gasteiger partial charge is 0.387 e. The lowest BCUT2D eigenvalue weighted by Gasteiger charge is -2.11. The van der Waals surface area contributed by atoms with Crippen LogP contribution in [-0.2, 0) is 16.2 Å². The van der Waals surface area contributed by atoms with E-state index in [-0.39, 0.29) is 16.6 Å². The maximum Gasteiger partial charge on any atom is 0.423 e. The monoisotopic (exact) mass is 352 g/mol. The van der Waals surface area contributed by atoms with Crippen LogP contribution in [0.5, 0.6) is 0 Å². The summed E-state index contributed by atoms with van der Waals surface area (Å²) in [6.07, 6.45) is -5.58. The minimum atomic E-state index is -5.03. The lowest BCUT2D eigenvalue weighted by atomic mass is 10.1. The molecule has 126 valence electrons. The van der Waals surface area contributed by atoms with E-state index in [0.717, 1.165) is 12.3 Å². The summed E-state index contributed by atoms with van der Waals surface area (Å²) in [5.74, 6) is 0. The van der Waals surface area contributed by atoms with Crippen molar-refractivity contribution in [3.63, 3.8) is 0 Å². The highest BCUT2D eigenvalue weighted by atomic mass is 32.2. The molecule has 0 bridgehead atoms. The molecule has 0 spiro atoms. The van der Waals surface area contributed by atoms with Crippen LogP contribution in [0.25, 0.3) is 10.9 Å². The number of aliphatic hydroxyl groups is 1. The lowest BCUT2D eigenvalue weighted by Crippen LogP contribution is -2.15. The highest BCUT2D eigenvalue weighted by Crippen LogP contribution is 2.40. The Labute approximate surface area is 128 Å². The topological polar surface area (TPSA) is 102 Å². The van der Waals surface area contributed by atoms with Crippen LogP contribution in [0.1, 0.15) is 24.3 Å². The first-order chi connectivity index (χ1) is 10.3. The number of fused-ring (bicyclic) bond motifs is 1. The van der Waals surface area contributed by atoms with Gasteiger partial charge in [0.25, 0.3) is 5.69 Å². The van der Waals surface area contributed by atoms with E-state index in [1.165, 1.54) is 6.92 Å². The number of alkyl halides is 3. The van der Waals surface area contributed by atoms with Crippen LogP contribution in [-0.4, -0.2) is 28.7 Å². The molecular weight excluding hydrogens is 341 g/mol. The van der Waals surface area contributed by atoms with Gasteiger partial charge in [-0.15, -0.1) is 0 Å². The molecule has 1 N–H and O–H groups in total. The number of nitro benzene ring substituents is 1. The molecule has 1 heterocycles. The minimum absolute atomic E-state index is 0.0916. The average Bonchev–Trinajstić information content (AvgIpc) is 2.74. The molecule has 1 aromatic heterocycles. The lowest BCUT2D eigenvalue weighted by molar-refractivity contribution is -0.387. The molecule has 0 fully saturated rings. The molecule has 0 aliphatic carbocycles. The van der Waals surface area contributed by atoms with Crippen LogP contribution in [0.3, 0.4) is 0 Å². The van der Waals surface area contributed by atoms with Gasteiger partial charge in [0.15, 0.2) is 0 Å². The number of hydrogen-bond donors (Lipinski definition) is 1. The fourth-order valence-corrected chi connectivity index (χ4v) is 3.38. The zero-order chi connectivity index (χ0) is 17.7. The third-order valence-corrected chi connectivity index (χ3v) is 4.23. The molecule has 11 heteroatoms. The van der Waals surface area contributed by atoms with E-state index in [4.69, 9.17) is 0 Å². The predicted octanol–water partition coefficient (Wildman–Crippen LogP) is 2.43. The molecule has 2 rings (SSSR count). The summed E-state index contributed by atoms with van der Waals surface area (Å²) in [5.41, 5.74) is -3.32. The molecule has 2 aromatic rings. The summed E-state index contributed by atoms with van der Waals surface area (Å²) in [7, 11) is -4.04. The van der Waals surface area contributed by atoms with Crippen molar-refractivity contribution >= 4 is 26.6 Å². The van der Waals surface area contributed by atoms with Crippen LogP contribution in [0.2, 0.25) is 0 Å². The van der Waals surface area contributed by atoms with E-state index in [2.05, 4.69) is 0 Å². The van der Waals surface area contributed by atoms with Gasteiger partial charge in [-0.25, -0.2) is 12.4 Å². The number of halogens is 3. The Bertz CT molecular complexity index is 900. The van der Waals surface area contributed by atoms with E-state index >= 15 is 0 Å². The van der Waals surface area contributed by atoms with E-state index in [0.29, 0.717) is 16.1 Å². The Morgan fingerprint density at radius 1 is 1.30 bits per heavy atom. The molecular formula is C12H11F3N2O5S. The predicted molar refractivity (Wildman–Crippen MR) is 74.5 cm³/mol. The minimum Gasteiger partial charge on any atom is -0.387 e. The number of aromatic nitrogens is 1.